The van der Waals surface area contributed by atoms with Crippen LogP contribution in [-0.4, -0.2) is 17.6 Å². The summed E-state index contributed by atoms with van der Waals surface area (Å²) in [6.45, 7) is 5.12. The average Bonchev–Trinajstić information content (AvgIpc) is 2.44. The Labute approximate surface area is 117 Å². The maximum atomic E-state index is 5.91. The molecule has 0 aliphatic rings. The third kappa shape index (κ3) is 7.16. The minimum Gasteiger partial charge on any atom is -0.492 e. The minimum atomic E-state index is 0.206. The molecule has 1 unspecified atom stereocenters. The summed E-state index contributed by atoms with van der Waals surface area (Å²) < 4.78 is 5.68. The Kier molecular flexibility index (Phi) is 8.23. The highest BCUT2D eigenvalue weighted by Gasteiger charge is 2.03. The van der Waals surface area contributed by atoms with Gasteiger partial charge >= 0.3 is 0 Å². The molecule has 108 valence electrons. The number of hydrogen-bond donors (Lipinski definition) is 1. The minimum absolute atomic E-state index is 0.206. The van der Waals surface area contributed by atoms with Crippen LogP contribution in [0.2, 0.25) is 0 Å². The van der Waals surface area contributed by atoms with Crippen LogP contribution in [0, 0.1) is 0 Å². The maximum absolute atomic E-state index is 5.91. The highest BCUT2D eigenvalue weighted by molar-refractivity contribution is 5.20. The lowest BCUT2D eigenvalue weighted by Gasteiger charge is -2.09. The lowest BCUT2D eigenvalue weighted by Crippen LogP contribution is -2.21. The molecule has 1 aromatic heterocycles. The lowest BCUT2D eigenvalue weighted by atomic mass is 10.1. The molecule has 19 heavy (non-hydrogen) atoms. The van der Waals surface area contributed by atoms with Crippen LogP contribution in [0.3, 0.4) is 0 Å². The SMILES string of the molecule is CCCCCCCOc1ccc(CC(N)CC)nc1. The van der Waals surface area contributed by atoms with E-state index in [9.17, 15) is 0 Å². The van der Waals surface area contributed by atoms with Gasteiger partial charge in [0.1, 0.15) is 5.75 Å². The molecule has 1 atom stereocenters. The van der Waals surface area contributed by atoms with Gasteiger partial charge in [0.05, 0.1) is 12.8 Å². The highest BCUT2D eigenvalue weighted by atomic mass is 16.5. The smallest absolute Gasteiger partial charge is 0.137 e. The largest absolute Gasteiger partial charge is 0.492 e. The predicted octanol–water partition coefficient (Wildman–Crippen LogP) is 3.71. The van der Waals surface area contributed by atoms with E-state index in [-0.39, 0.29) is 6.04 Å². The first-order chi connectivity index (χ1) is 9.26. The summed E-state index contributed by atoms with van der Waals surface area (Å²) >= 11 is 0. The van der Waals surface area contributed by atoms with Gasteiger partial charge in [0.2, 0.25) is 0 Å². The Balaban J connectivity index is 2.21. The molecule has 1 heterocycles. The monoisotopic (exact) mass is 264 g/mol. The van der Waals surface area contributed by atoms with Crippen LogP contribution in [0.1, 0.15) is 58.1 Å². The summed E-state index contributed by atoms with van der Waals surface area (Å²) in [7, 11) is 0. The Hall–Kier alpha value is -1.09. The summed E-state index contributed by atoms with van der Waals surface area (Å²) in [6, 6.07) is 4.22. The third-order valence-electron chi connectivity index (χ3n) is 3.31. The Bertz CT molecular complexity index is 324. The molecule has 0 fully saturated rings. The number of unbranched alkanes of at least 4 members (excludes halogenated alkanes) is 4. The van der Waals surface area contributed by atoms with Crippen molar-refractivity contribution < 1.29 is 4.74 Å². The zero-order valence-electron chi connectivity index (χ0n) is 12.4. The molecule has 3 heteroatoms. The molecule has 0 saturated carbocycles. The lowest BCUT2D eigenvalue weighted by molar-refractivity contribution is 0.303. The first-order valence-corrected chi connectivity index (χ1v) is 7.59. The number of nitrogens with two attached hydrogens (primary N) is 1. The number of hydrogen-bond acceptors (Lipinski definition) is 3. The van der Waals surface area contributed by atoms with Crippen molar-refractivity contribution >= 4 is 0 Å². The van der Waals surface area contributed by atoms with Crippen molar-refractivity contribution in [2.24, 2.45) is 5.73 Å². The van der Waals surface area contributed by atoms with E-state index in [0.29, 0.717) is 0 Å². The van der Waals surface area contributed by atoms with Crippen molar-refractivity contribution in [2.45, 2.75) is 64.8 Å². The van der Waals surface area contributed by atoms with Gasteiger partial charge in [-0.2, -0.15) is 0 Å². The second-order valence-electron chi connectivity index (χ2n) is 5.12. The van der Waals surface area contributed by atoms with E-state index in [2.05, 4.69) is 18.8 Å². The average molecular weight is 264 g/mol. The number of ether oxygens (including phenoxy) is 1. The molecule has 1 rings (SSSR count). The maximum Gasteiger partial charge on any atom is 0.137 e. The molecular formula is C16H28N2O. The molecule has 0 radical (unpaired) electrons. The Morgan fingerprint density at radius 3 is 2.58 bits per heavy atom. The van der Waals surface area contributed by atoms with Crippen LogP contribution < -0.4 is 10.5 Å². The molecule has 0 aliphatic heterocycles. The van der Waals surface area contributed by atoms with E-state index in [1.54, 1.807) is 0 Å². The van der Waals surface area contributed by atoms with E-state index in [1.807, 2.05) is 18.3 Å². The summed E-state index contributed by atoms with van der Waals surface area (Å²) in [6.07, 6.45) is 9.94. The van der Waals surface area contributed by atoms with Crippen LogP contribution >= 0.6 is 0 Å². The fraction of sp³-hybridized carbons (Fsp3) is 0.688. The van der Waals surface area contributed by atoms with Crippen molar-refractivity contribution in [1.82, 2.24) is 4.98 Å². The van der Waals surface area contributed by atoms with Crippen molar-refractivity contribution in [3.05, 3.63) is 24.0 Å². The van der Waals surface area contributed by atoms with Gasteiger partial charge in [-0.15, -0.1) is 0 Å². The second kappa shape index (κ2) is 9.79. The van der Waals surface area contributed by atoms with E-state index in [4.69, 9.17) is 10.5 Å². The van der Waals surface area contributed by atoms with Crippen LogP contribution in [0.25, 0.3) is 0 Å². The highest BCUT2D eigenvalue weighted by Crippen LogP contribution is 2.12. The summed E-state index contributed by atoms with van der Waals surface area (Å²) in [5, 5.41) is 0. The predicted molar refractivity (Wildman–Crippen MR) is 80.5 cm³/mol. The second-order valence-corrected chi connectivity index (χ2v) is 5.12. The molecule has 1 aromatic rings. The van der Waals surface area contributed by atoms with Crippen molar-refractivity contribution in [3.8, 4) is 5.75 Å². The number of rotatable bonds is 10. The van der Waals surface area contributed by atoms with Crippen molar-refractivity contribution in [1.29, 1.82) is 0 Å². The van der Waals surface area contributed by atoms with Crippen LogP contribution in [0.5, 0.6) is 5.75 Å². The molecule has 2 N–H and O–H groups in total. The van der Waals surface area contributed by atoms with Gasteiger partial charge in [0.15, 0.2) is 0 Å². The first kappa shape index (κ1) is 16.0. The van der Waals surface area contributed by atoms with Crippen molar-refractivity contribution in [3.63, 3.8) is 0 Å². The molecule has 0 aromatic carbocycles. The zero-order chi connectivity index (χ0) is 13.9. The molecule has 0 spiro atoms. The fourth-order valence-electron chi connectivity index (χ4n) is 1.93. The van der Waals surface area contributed by atoms with Crippen LogP contribution in [0.4, 0.5) is 0 Å². The molecule has 3 nitrogen and oxygen atoms in total. The standard InChI is InChI=1S/C16H28N2O/c1-3-5-6-7-8-11-19-16-10-9-15(18-13-16)12-14(17)4-2/h9-10,13-14H,3-8,11-12,17H2,1-2H3. The van der Waals surface area contributed by atoms with Crippen LogP contribution in [-0.2, 0) is 6.42 Å². The Morgan fingerprint density at radius 2 is 1.95 bits per heavy atom. The summed E-state index contributed by atoms with van der Waals surface area (Å²) in [5.74, 6) is 0.865. The quantitative estimate of drug-likeness (QED) is 0.655. The fourth-order valence-corrected chi connectivity index (χ4v) is 1.93. The molecule has 0 saturated heterocycles. The Morgan fingerprint density at radius 1 is 1.16 bits per heavy atom. The van der Waals surface area contributed by atoms with Gasteiger partial charge < -0.3 is 10.5 Å². The number of aromatic nitrogens is 1. The third-order valence-corrected chi connectivity index (χ3v) is 3.31. The van der Waals surface area contributed by atoms with E-state index < -0.39 is 0 Å². The van der Waals surface area contributed by atoms with Gasteiger partial charge in [0, 0.05) is 18.2 Å². The first-order valence-electron chi connectivity index (χ1n) is 7.59. The molecule has 0 bridgehead atoms. The molecule has 0 amide bonds. The van der Waals surface area contributed by atoms with Crippen LogP contribution in [0.15, 0.2) is 18.3 Å². The number of nitrogens with zero attached hydrogens (tertiary/aromatic N) is 1. The topological polar surface area (TPSA) is 48.1 Å². The van der Waals surface area contributed by atoms with E-state index in [1.165, 1.54) is 25.7 Å². The van der Waals surface area contributed by atoms with E-state index in [0.717, 1.165) is 37.3 Å². The summed E-state index contributed by atoms with van der Waals surface area (Å²) in [4.78, 5) is 4.39. The van der Waals surface area contributed by atoms with Gasteiger partial charge in [-0.25, -0.2) is 0 Å². The van der Waals surface area contributed by atoms with Gasteiger partial charge in [0.25, 0.3) is 0 Å². The number of pyridine rings is 1. The molecular weight excluding hydrogens is 236 g/mol. The molecule has 0 aliphatic carbocycles. The van der Waals surface area contributed by atoms with Gasteiger partial charge in [-0.05, 0) is 25.0 Å². The zero-order valence-corrected chi connectivity index (χ0v) is 12.4. The van der Waals surface area contributed by atoms with E-state index >= 15 is 0 Å². The summed E-state index contributed by atoms with van der Waals surface area (Å²) in [5.41, 5.74) is 6.96. The van der Waals surface area contributed by atoms with Crippen molar-refractivity contribution in [2.75, 3.05) is 6.61 Å². The van der Waals surface area contributed by atoms with Gasteiger partial charge in [-0.3, -0.25) is 4.98 Å². The normalized spacial score (nSPS) is 12.4. The van der Waals surface area contributed by atoms with Gasteiger partial charge in [-0.1, -0.05) is 39.5 Å².